The summed E-state index contributed by atoms with van der Waals surface area (Å²) in [4.78, 5) is 0. The van der Waals surface area contributed by atoms with Crippen molar-refractivity contribution in [3.8, 4) is 0 Å². The number of hydrogen-bond acceptors (Lipinski definition) is 1. The van der Waals surface area contributed by atoms with Crippen LogP contribution >= 0.6 is 0 Å². The molecule has 108 valence electrons. The molecule has 1 unspecified atom stereocenters. The van der Waals surface area contributed by atoms with E-state index in [9.17, 15) is 13.2 Å². The Kier molecular flexibility index (Phi) is 5.85. The van der Waals surface area contributed by atoms with E-state index >= 15 is 0 Å². The molecule has 1 aromatic carbocycles. The maximum atomic E-state index is 12.4. The van der Waals surface area contributed by atoms with E-state index in [1.165, 1.54) is 0 Å². The average molecular weight is 273 g/mol. The van der Waals surface area contributed by atoms with Gasteiger partial charge in [-0.05, 0) is 49.9 Å². The lowest BCUT2D eigenvalue weighted by atomic mass is 9.97. The highest BCUT2D eigenvalue weighted by Gasteiger charge is 2.28. The van der Waals surface area contributed by atoms with Crippen LogP contribution in [-0.2, 0) is 0 Å². The Bertz CT molecular complexity index is 399. The number of halogens is 3. The Labute approximate surface area is 113 Å². The van der Waals surface area contributed by atoms with Crippen molar-refractivity contribution in [1.82, 2.24) is 5.32 Å². The van der Waals surface area contributed by atoms with Gasteiger partial charge < -0.3 is 5.32 Å². The van der Waals surface area contributed by atoms with E-state index in [-0.39, 0.29) is 12.5 Å². The molecule has 0 saturated carbocycles. The highest BCUT2D eigenvalue weighted by atomic mass is 19.4. The molecule has 0 radical (unpaired) electrons. The number of benzene rings is 1. The fourth-order valence-electron chi connectivity index (χ4n) is 1.99. The summed E-state index contributed by atoms with van der Waals surface area (Å²) in [5, 5.41) is 3.20. The molecule has 0 fully saturated rings. The van der Waals surface area contributed by atoms with Gasteiger partial charge in [0.25, 0.3) is 0 Å². The topological polar surface area (TPSA) is 12.0 Å². The quantitative estimate of drug-likeness (QED) is 0.793. The molecule has 0 aromatic heterocycles. The van der Waals surface area contributed by atoms with Gasteiger partial charge in [0.2, 0.25) is 0 Å². The second-order valence-electron chi connectivity index (χ2n) is 5.00. The van der Waals surface area contributed by atoms with Gasteiger partial charge in [0.15, 0.2) is 0 Å². The first-order chi connectivity index (χ1) is 8.83. The van der Waals surface area contributed by atoms with E-state index in [2.05, 4.69) is 5.32 Å². The second kappa shape index (κ2) is 6.94. The standard InChI is InChI=1S/C15H22F3N/c1-4-9-19-14(7-8-15(16,17)18)13-6-5-11(2)12(3)10-13/h5-6,10,14,19H,4,7-9H2,1-3H3. The predicted octanol–water partition coefficient (Wildman–Crippen LogP) is 4.69. The Morgan fingerprint density at radius 2 is 1.84 bits per heavy atom. The normalized spacial score (nSPS) is 13.6. The number of nitrogens with one attached hydrogen (secondary N) is 1. The van der Waals surface area contributed by atoms with Gasteiger partial charge in [0, 0.05) is 12.5 Å². The molecule has 0 aliphatic carbocycles. The molecule has 0 amide bonds. The summed E-state index contributed by atoms with van der Waals surface area (Å²) >= 11 is 0. The highest BCUT2D eigenvalue weighted by Crippen LogP contribution is 2.28. The van der Waals surface area contributed by atoms with Crippen LogP contribution in [0.25, 0.3) is 0 Å². The van der Waals surface area contributed by atoms with Crippen LogP contribution in [0, 0.1) is 13.8 Å². The molecule has 0 aliphatic heterocycles. The van der Waals surface area contributed by atoms with Crippen LogP contribution in [0.4, 0.5) is 13.2 Å². The van der Waals surface area contributed by atoms with E-state index in [0.29, 0.717) is 0 Å². The Balaban J connectivity index is 2.79. The molecule has 1 nitrogen and oxygen atoms in total. The maximum Gasteiger partial charge on any atom is 0.389 e. The summed E-state index contributed by atoms with van der Waals surface area (Å²) in [7, 11) is 0. The van der Waals surface area contributed by atoms with Crippen LogP contribution in [0.5, 0.6) is 0 Å². The molecule has 0 bridgehead atoms. The van der Waals surface area contributed by atoms with Crippen molar-refractivity contribution in [1.29, 1.82) is 0 Å². The van der Waals surface area contributed by atoms with E-state index in [1.807, 2.05) is 39.0 Å². The molecule has 0 heterocycles. The largest absolute Gasteiger partial charge is 0.389 e. The van der Waals surface area contributed by atoms with Crippen molar-refractivity contribution >= 4 is 0 Å². The first-order valence-corrected chi connectivity index (χ1v) is 6.70. The Morgan fingerprint density at radius 1 is 1.16 bits per heavy atom. The van der Waals surface area contributed by atoms with E-state index < -0.39 is 12.6 Å². The van der Waals surface area contributed by atoms with Crippen molar-refractivity contribution in [3.63, 3.8) is 0 Å². The molecular formula is C15H22F3N. The molecule has 4 heteroatoms. The van der Waals surface area contributed by atoms with Gasteiger partial charge >= 0.3 is 6.18 Å². The molecule has 1 atom stereocenters. The lowest BCUT2D eigenvalue weighted by Gasteiger charge is -2.20. The molecular weight excluding hydrogens is 251 g/mol. The number of aryl methyl sites for hydroxylation is 2. The number of rotatable bonds is 6. The van der Waals surface area contributed by atoms with E-state index in [4.69, 9.17) is 0 Å². The van der Waals surface area contributed by atoms with Gasteiger partial charge in [-0.15, -0.1) is 0 Å². The van der Waals surface area contributed by atoms with Crippen molar-refractivity contribution in [2.45, 2.75) is 52.3 Å². The minimum atomic E-state index is -4.09. The molecule has 0 aliphatic rings. The maximum absolute atomic E-state index is 12.4. The lowest BCUT2D eigenvalue weighted by Crippen LogP contribution is -2.24. The summed E-state index contributed by atoms with van der Waals surface area (Å²) in [5.74, 6) is 0. The zero-order chi connectivity index (χ0) is 14.5. The Morgan fingerprint density at radius 3 is 2.37 bits per heavy atom. The van der Waals surface area contributed by atoms with Gasteiger partial charge in [-0.25, -0.2) is 0 Å². The molecule has 1 N–H and O–H groups in total. The smallest absolute Gasteiger partial charge is 0.310 e. The highest BCUT2D eigenvalue weighted by molar-refractivity contribution is 5.31. The third-order valence-electron chi connectivity index (χ3n) is 3.29. The zero-order valence-corrected chi connectivity index (χ0v) is 11.8. The predicted molar refractivity (Wildman–Crippen MR) is 72.2 cm³/mol. The minimum absolute atomic E-state index is 0.0893. The molecule has 0 saturated heterocycles. The number of hydrogen-bond donors (Lipinski definition) is 1. The molecule has 19 heavy (non-hydrogen) atoms. The molecule has 0 spiro atoms. The van der Waals surface area contributed by atoms with Crippen LogP contribution in [0.15, 0.2) is 18.2 Å². The first kappa shape index (κ1) is 16.0. The van der Waals surface area contributed by atoms with E-state index in [0.717, 1.165) is 29.7 Å². The third kappa shape index (κ3) is 5.64. The summed E-state index contributed by atoms with van der Waals surface area (Å²) < 4.78 is 37.1. The van der Waals surface area contributed by atoms with Gasteiger partial charge in [-0.1, -0.05) is 25.1 Å². The van der Waals surface area contributed by atoms with Crippen molar-refractivity contribution in [3.05, 3.63) is 34.9 Å². The first-order valence-electron chi connectivity index (χ1n) is 6.70. The fourth-order valence-corrected chi connectivity index (χ4v) is 1.99. The SMILES string of the molecule is CCCNC(CCC(F)(F)F)c1ccc(C)c(C)c1. The third-order valence-corrected chi connectivity index (χ3v) is 3.29. The van der Waals surface area contributed by atoms with Crippen LogP contribution < -0.4 is 5.32 Å². The second-order valence-corrected chi connectivity index (χ2v) is 5.00. The van der Waals surface area contributed by atoms with Crippen LogP contribution in [-0.4, -0.2) is 12.7 Å². The van der Waals surface area contributed by atoms with Crippen molar-refractivity contribution in [2.24, 2.45) is 0 Å². The monoisotopic (exact) mass is 273 g/mol. The number of alkyl halides is 3. The zero-order valence-electron chi connectivity index (χ0n) is 11.8. The summed E-state index contributed by atoms with van der Waals surface area (Å²) in [5.41, 5.74) is 3.22. The Hall–Kier alpha value is -1.03. The lowest BCUT2D eigenvalue weighted by molar-refractivity contribution is -0.136. The summed E-state index contributed by atoms with van der Waals surface area (Å²) in [6.07, 6.45) is -3.84. The van der Waals surface area contributed by atoms with Crippen LogP contribution in [0.1, 0.15) is 48.9 Å². The van der Waals surface area contributed by atoms with Gasteiger partial charge in [-0.3, -0.25) is 0 Å². The van der Waals surface area contributed by atoms with Crippen molar-refractivity contribution in [2.75, 3.05) is 6.54 Å². The van der Waals surface area contributed by atoms with Crippen molar-refractivity contribution < 1.29 is 13.2 Å². The summed E-state index contributed by atoms with van der Waals surface area (Å²) in [6, 6.07) is 5.66. The van der Waals surface area contributed by atoms with Crippen LogP contribution in [0.3, 0.4) is 0 Å². The molecule has 1 aromatic rings. The minimum Gasteiger partial charge on any atom is -0.310 e. The van der Waals surface area contributed by atoms with Gasteiger partial charge in [0.1, 0.15) is 0 Å². The van der Waals surface area contributed by atoms with Gasteiger partial charge in [0.05, 0.1) is 0 Å². The fraction of sp³-hybridized carbons (Fsp3) is 0.600. The van der Waals surface area contributed by atoms with E-state index in [1.54, 1.807) is 0 Å². The van der Waals surface area contributed by atoms with Crippen LogP contribution in [0.2, 0.25) is 0 Å². The summed E-state index contributed by atoms with van der Waals surface area (Å²) in [6.45, 7) is 6.73. The average Bonchev–Trinajstić information content (AvgIpc) is 2.32. The van der Waals surface area contributed by atoms with Gasteiger partial charge in [-0.2, -0.15) is 13.2 Å². The molecule has 1 rings (SSSR count).